The Balaban J connectivity index is 1.82. The van der Waals surface area contributed by atoms with E-state index in [0.717, 1.165) is 30.9 Å². The lowest BCUT2D eigenvalue weighted by Crippen LogP contribution is -2.30. The zero-order valence-corrected chi connectivity index (χ0v) is 12.3. The SMILES string of the molecule is Cc1cc(C(CC2CCOc3ccccc32)NN)ccn1. The molecule has 2 unspecified atom stereocenters. The number of pyridine rings is 1. The summed E-state index contributed by atoms with van der Waals surface area (Å²) in [5.41, 5.74) is 6.44. The largest absolute Gasteiger partial charge is 0.493 e. The number of nitrogens with two attached hydrogens (primary N) is 1. The van der Waals surface area contributed by atoms with E-state index >= 15 is 0 Å². The lowest BCUT2D eigenvalue weighted by molar-refractivity contribution is 0.255. The van der Waals surface area contributed by atoms with Gasteiger partial charge in [0.15, 0.2) is 0 Å². The molecule has 0 fully saturated rings. The number of hydrazine groups is 1. The van der Waals surface area contributed by atoms with E-state index in [4.69, 9.17) is 10.6 Å². The molecule has 3 rings (SSSR count). The number of benzene rings is 1. The molecule has 0 bridgehead atoms. The normalized spacial score (nSPS) is 18.7. The van der Waals surface area contributed by atoms with Crippen molar-refractivity contribution in [1.82, 2.24) is 10.4 Å². The number of nitrogens with zero attached hydrogens (tertiary/aromatic N) is 1. The summed E-state index contributed by atoms with van der Waals surface area (Å²) in [5, 5.41) is 0. The third-order valence-corrected chi connectivity index (χ3v) is 4.13. The van der Waals surface area contributed by atoms with E-state index in [0.29, 0.717) is 5.92 Å². The fourth-order valence-corrected chi connectivity index (χ4v) is 3.03. The maximum atomic E-state index is 5.79. The molecule has 4 heteroatoms. The number of hydrogen-bond acceptors (Lipinski definition) is 4. The van der Waals surface area contributed by atoms with Crippen molar-refractivity contribution in [2.75, 3.05) is 6.61 Å². The van der Waals surface area contributed by atoms with Crippen molar-refractivity contribution in [3.63, 3.8) is 0 Å². The summed E-state index contributed by atoms with van der Waals surface area (Å²) in [6.07, 6.45) is 3.83. The van der Waals surface area contributed by atoms with Crippen molar-refractivity contribution in [2.45, 2.75) is 31.7 Å². The fourth-order valence-electron chi connectivity index (χ4n) is 3.03. The van der Waals surface area contributed by atoms with Crippen LogP contribution in [0.15, 0.2) is 42.6 Å². The molecule has 0 saturated carbocycles. The molecule has 0 aliphatic carbocycles. The standard InChI is InChI=1S/C17H21N3O/c1-12-10-14(6-8-19-12)16(20-18)11-13-7-9-21-17-5-3-2-4-15(13)17/h2-6,8,10,13,16,20H,7,9,11,18H2,1H3. The van der Waals surface area contributed by atoms with Crippen LogP contribution in [-0.4, -0.2) is 11.6 Å². The minimum atomic E-state index is 0.128. The summed E-state index contributed by atoms with van der Waals surface area (Å²) in [6, 6.07) is 12.5. The van der Waals surface area contributed by atoms with Crippen LogP contribution >= 0.6 is 0 Å². The molecule has 4 nitrogen and oxygen atoms in total. The summed E-state index contributed by atoms with van der Waals surface area (Å²) in [6.45, 7) is 2.77. The maximum Gasteiger partial charge on any atom is 0.122 e. The molecule has 2 aromatic rings. The Kier molecular flexibility index (Phi) is 4.18. The van der Waals surface area contributed by atoms with Crippen LogP contribution in [0.25, 0.3) is 0 Å². The molecule has 0 spiro atoms. The molecule has 3 N–H and O–H groups in total. The molecular formula is C17H21N3O. The Morgan fingerprint density at radius 2 is 2.24 bits per heavy atom. The fraction of sp³-hybridized carbons (Fsp3) is 0.353. The van der Waals surface area contributed by atoms with Crippen LogP contribution in [0.2, 0.25) is 0 Å². The third-order valence-electron chi connectivity index (χ3n) is 4.13. The average molecular weight is 283 g/mol. The quantitative estimate of drug-likeness (QED) is 0.669. The molecule has 1 aliphatic rings. The van der Waals surface area contributed by atoms with Crippen molar-refractivity contribution in [3.05, 3.63) is 59.4 Å². The van der Waals surface area contributed by atoms with Crippen LogP contribution in [-0.2, 0) is 0 Å². The van der Waals surface area contributed by atoms with Gasteiger partial charge in [-0.15, -0.1) is 0 Å². The van der Waals surface area contributed by atoms with Gasteiger partial charge in [-0.2, -0.15) is 0 Å². The van der Waals surface area contributed by atoms with Crippen molar-refractivity contribution in [1.29, 1.82) is 0 Å². The second kappa shape index (κ2) is 6.24. The van der Waals surface area contributed by atoms with Crippen LogP contribution in [0.4, 0.5) is 0 Å². The number of rotatable bonds is 4. The first-order valence-electron chi connectivity index (χ1n) is 7.38. The number of nitrogens with one attached hydrogen (secondary N) is 1. The second-order valence-corrected chi connectivity index (χ2v) is 5.56. The highest BCUT2D eigenvalue weighted by Gasteiger charge is 2.24. The first-order valence-corrected chi connectivity index (χ1v) is 7.38. The lowest BCUT2D eigenvalue weighted by atomic mass is 9.86. The predicted molar refractivity (Wildman–Crippen MR) is 83.0 cm³/mol. The highest BCUT2D eigenvalue weighted by Crippen LogP contribution is 2.38. The minimum Gasteiger partial charge on any atom is -0.493 e. The van der Waals surface area contributed by atoms with Gasteiger partial charge in [-0.3, -0.25) is 16.3 Å². The van der Waals surface area contributed by atoms with E-state index in [1.165, 1.54) is 11.1 Å². The van der Waals surface area contributed by atoms with Gasteiger partial charge in [-0.05, 0) is 55.0 Å². The first-order chi connectivity index (χ1) is 10.3. The summed E-state index contributed by atoms with van der Waals surface area (Å²) in [4.78, 5) is 4.25. The minimum absolute atomic E-state index is 0.128. The van der Waals surface area contributed by atoms with Gasteiger partial charge in [-0.25, -0.2) is 0 Å². The number of aromatic nitrogens is 1. The van der Waals surface area contributed by atoms with Crippen molar-refractivity contribution in [3.8, 4) is 5.75 Å². The van der Waals surface area contributed by atoms with E-state index in [1.807, 2.05) is 31.3 Å². The zero-order valence-electron chi connectivity index (χ0n) is 12.3. The van der Waals surface area contributed by atoms with Gasteiger partial charge in [0.25, 0.3) is 0 Å². The van der Waals surface area contributed by atoms with Crippen LogP contribution in [0, 0.1) is 6.92 Å². The number of aryl methyl sites for hydroxylation is 1. The summed E-state index contributed by atoms with van der Waals surface area (Å²) >= 11 is 0. The highest BCUT2D eigenvalue weighted by molar-refractivity contribution is 5.38. The molecule has 2 heterocycles. The topological polar surface area (TPSA) is 60.2 Å². The van der Waals surface area contributed by atoms with Gasteiger partial charge in [0.1, 0.15) is 5.75 Å². The van der Waals surface area contributed by atoms with Crippen molar-refractivity contribution >= 4 is 0 Å². The molecule has 1 aromatic heterocycles. The Bertz CT molecular complexity index is 614. The van der Waals surface area contributed by atoms with Gasteiger partial charge in [0, 0.05) is 17.9 Å². The average Bonchev–Trinajstić information content (AvgIpc) is 2.52. The van der Waals surface area contributed by atoms with Gasteiger partial charge < -0.3 is 4.74 Å². The van der Waals surface area contributed by atoms with Gasteiger partial charge in [-0.1, -0.05) is 18.2 Å². The molecule has 2 atom stereocenters. The van der Waals surface area contributed by atoms with Crippen LogP contribution < -0.4 is 16.0 Å². The van der Waals surface area contributed by atoms with E-state index in [9.17, 15) is 0 Å². The number of fused-ring (bicyclic) bond motifs is 1. The van der Waals surface area contributed by atoms with Crippen LogP contribution in [0.3, 0.4) is 0 Å². The van der Waals surface area contributed by atoms with Crippen LogP contribution in [0.1, 0.15) is 41.6 Å². The molecule has 110 valence electrons. The van der Waals surface area contributed by atoms with Gasteiger partial charge >= 0.3 is 0 Å². The number of ether oxygens (including phenoxy) is 1. The van der Waals surface area contributed by atoms with Gasteiger partial charge in [0.2, 0.25) is 0 Å². The summed E-state index contributed by atoms with van der Waals surface area (Å²) in [5.74, 6) is 7.26. The Hall–Kier alpha value is -1.91. The monoisotopic (exact) mass is 283 g/mol. The van der Waals surface area contributed by atoms with E-state index in [2.05, 4.69) is 28.6 Å². The Morgan fingerprint density at radius 3 is 3.05 bits per heavy atom. The molecule has 0 radical (unpaired) electrons. The summed E-state index contributed by atoms with van der Waals surface area (Å²) in [7, 11) is 0. The van der Waals surface area contributed by atoms with Gasteiger partial charge in [0.05, 0.1) is 6.61 Å². The zero-order chi connectivity index (χ0) is 14.7. The Labute approximate surface area is 125 Å². The first kappa shape index (κ1) is 14.0. The van der Waals surface area contributed by atoms with Crippen molar-refractivity contribution < 1.29 is 4.74 Å². The highest BCUT2D eigenvalue weighted by atomic mass is 16.5. The molecular weight excluding hydrogens is 262 g/mol. The van der Waals surface area contributed by atoms with Crippen LogP contribution in [0.5, 0.6) is 5.75 Å². The number of para-hydroxylation sites is 1. The molecule has 1 aromatic carbocycles. The Morgan fingerprint density at radius 1 is 1.38 bits per heavy atom. The molecule has 0 saturated heterocycles. The van der Waals surface area contributed by atoms with Crippen molar-refractivity contribution in [2.24, 2.45) is 5.84 Å². The third kappa shape index (κ3) is 3.06. The van der Waals surface area contributed by atoms with E-state index in [1.54, 1.807) is 0 Å². The molecule has 21 heavy (non-hydrogen) atoms. The molecule has 1 aliphatic heterocycles. The predicted octanol–water partition coefficient (Wildman–Crippen LogP) is 2.85. The second-order valence-electron chi connectivity index (χ2n) is 5.56. The smallest absolute Gasteiger partial charge is 0.122 e. The van der Waals surface area contributed by atoms with E-state index in [-0.39, 0.29) is 6.04 Å². The molecule has 0 amide bonds. The van der Waals surface area contributed by atoms with E-state index < -0.39 is 0 Å². The summed E-state index contributed by atoms with van der Waals surface area (Å²) < 4.78 is 5.73. The number of hydrogen-bond donors (Lipinski definition) is 2. The maximum absolute atomic E-state index is 5.79. The lowest BCUT2D eigenvalue weighted by Gasteiger charge is -2.29.